The summed E-state index contributed by atoms with van der Waals surface area (Å²) in [5.41, 5.74) is 9.65. The molecule has 1 aromatic heterocycles. The first-order chi connectivity index (χ1) is 13.2. The van der Waals surface area contributed by atoms with Gasteiger partial charge in [-0.1, -0.05) is 42.0 Å². The number of fused-ring (bicyclic) bond motifs is 2. The molecule has 4 aromatic carbocycles. The van der Waals surface area contributed by atoms with Crippen molar-refractivity contribution in [3.63, 3.8) is 0 Å². The van der Waals surface area contributed by atoms with E-state index in [1.807, 2.05) is 42.5 Å². The highest BCUT2D eigenvalue weighted by atomic mass is 16.4. The van der Waals surface area contributed by atoms with Crippen LogP contribution in [0, 0.1) is 6.92 Å². The molecule has 0 atom stereocenters. The average molecular weight is 351 g/mol. The van der Waals surface area contributed by atoms with Gasteiger partial charge in [0.25, 0.3) is 0 Å². The summed E-state index contributed by atoms with van der Waals surface area (Å²) < 4.78 is 5.95. The van der Waals surface area contributed by atoms with Crippen molar-refractivity contribution < 1.29 is 4.42 Å². The van der Waals surface area contributed by atoms with E-state index in [1.165, 1.54) is 10.9 Å². The molecule has 27 heavy (non-hydrogen) atoms. The van der Waals surface area contributed by atoms with Gasteiger partial charge in [-0.05, 0) is 64.9 Å². The number of anilines is 1. The van der Waals surface area contributed by atoms with Crippen LogP contribution in [-0.2, 0) is 0 Å². The number of aromatic nitrogens is 2. The van der Waals surface area contributed by atoms with Crippen LogP contribution in [-0.4, -0.2) is 10.2 Å². The van der Waals surface area contributed by atoms with Gasteiger partial charge in [-0.2, -0.15) is 0 Å². The third-order valence-corrected chi connectivity index (χ3v) is 4.78. The summed E-state index contributed by atoms with van der Waals surface area (Å²) in [6.45, 7) is 2.09. The van der Waals surface area contributed by atoms with Crippen LogP contribution >= 0.6 is 0 Å². The van der Waals surface area contributed by atoms with Crippen LogP contribution in [0.1, 0.15) is 5.56 Å². The van der Waals surface area contributed by atoms with Gasteiger partial charge in [0, 0.05) is 16.8 Å². The van der Waals surface area contributed by atoms with Crippen LogP contribution in [0.3, 0.4) is 0 Å². The SMILES string of the molecule is Cc1ccc2cc(-c3nnc(-c4ccc5cc(N)ccc5c4)o3)ccc2c1. The van der Waals surface area contributed by atoms with E-state index >= 15 is 0 Å². The Bertz CT molecular complexity index is 1200. The van der Waals surface area contributed by atoms with Gasteiger partial charge >= 0.3 is 0 Å². The molecule has 0 aliphatic carbocycles. The maximum Gasteiger partial charge on any atom is 0.248 e. The Balaban J connectivity index is 1.54. The third-order valence-electron chi connectivity index (χ3n) is 4.78. The Morgan fingerprint density at radius 3 is 1.81 bits per heavy atom. The summed E-state index contributed by atoms with van der Waals surface area (Å²) in [6, 6.07) is 24.4. The van der Waals surface area contributed by atoms with Crippen molar-refractivity contribution in [2.75, 3.05) is 5.73 Å². The van der Waals surface area contributed by atoms with Gasteiger partial charge in [0.05, 0.1) is 0 Å². The van der Waals surface area contributed by atoms with E-state index in [1.54, 1.807) is 0 Å². The summed E-state index contributed by atoms with van der Waals surface area (Å²) in [4.78, 5) is 0. The Kier molecular flexibility index (Phi) is 3.44. The van der Waals surface area contributed by atoms with Crippen molar-refractivity contribution >= 4 is 27.2 Å². The highest BCUT2D eigenvalue weighted by Crippen LogP contribution is 2.29. The van der Waals surface area contributed by atoms with Gasteiger partial charge in [0.2, 0.25) is 11.8 Å². The second kappa shape index (κ2) is 5.95. The normalized spacial score (nSPS) is 11.3. The lowest BCUT2D eigenvalue weighted by atomic mass is 10.0. The van der Waals surface area contributed by atoms with Crippen molar-refractivity contribution in [3.8, 4) is 22.9 Å². The number of aryl methyl sites for hydroxylation is 1. The molecule has 0 amide bonds. The molecule has 0 saturated carbocycles. The molecule has 4 heteroatoms. The minimum Gasteiger partial charge on any atom is -0.416 e. The molecule has 4 nitrogen and oxygen atoms in total. The minimum absolute atomic E-state index is 0.507. The van der Waals surface area contributed by atoms with Crippen LogP contribution in [0.15, 0.2) is 77.2 Å². The molecule has 0 spiro atoms. The molecule has 0 unspecified atom stereocenters. The van der Waals surface area contributed by atoms with Crippen LogP contribution < -0.4 is 5.73 Å². The van der Waals surface area contributed by atoms with Gasteiger partial charge in [-0.25, -0.2) is 0 Å². The van der Waals surface area contributed by atoms with E-state index < -0.39 is 0 Å². The molecule has 5 rings (SSSR count). The van der Waals surface area contributed by atoms with Gasteiger partial charge in [0.15, 0.2) is 0 Å². The molecule has 0 fully saturated rings. The van der Waals surface area contributed by atoms with Gasteiger partial charge in [-0.3, -0.25) is 0 Å². The van der Waals surface area contributed by atoms with Crippen molar-refractivity contribution in [2.45, 2.75) is 6.92 Å². The van der Waals surface area contributed by atoms with Crippen LogP contribution in [0.2, 0.25) is 0 Å². The molecule has 5 aromatic rings. The minimum atomic E-state index is 0.507. The molecule has 1 heterocycles. The standard InChI is InChI=1S/C23H17N3O/c1-14-2-3-16-11-19(6-4-15(16)10-14)22-25-26-23(27-22)20-7-5-18-13-21(24)9-8-17(18)12-20/h2-13H,24H2,1H3. The second-order valence-corrected chi connectivity index (χ2v) is 6.80. The molecule has 0 bridgehead atoms. The predicted molar refractivity (Wildman–Crippen MR) is 109 cm³/mol. The monoisotopic (exact) mass is 351 g/mol. The van der Waals surface area contributed by atoms with Crippen molar-refractivity contribution in [1.82, 2.24) is 10.2 Å². The summed E-state index contributed by atoms with van der Waals surface area (Å²) in [5, 5.41) is 13.0. The zero-order chi connectivity index (χ0) is 18.4. The molecule has 0 aliphatic heterocycles. The number of hydrogen-bond donors (Lipinski definition) is 1. The average Bonchev–Trinajstić information content (AvgIpc) is 3.17. The number of nitrogen functional groups attached to an aromatic ring is 1. The van der Waals surface area contributed by atoms with Crippen LogP contribution in [0.25, 0.3) is 44.5 Å². The molecule has 2 N–H and O–H groups in total. The summed E-state index contributed by atoms with van der Waals surface area (Å²) in [6.07, 6.45) is 0. The molecule has 0 aliphatic rings. The fourth-order valence-corrected chi connectivity index (χ4v) is 3.35. The second-order valence-electron chi connectivity index (χ2n) is 6.80. The number of benzene rings is 4. The first-order valence-electron chi connectivity index (χ1n) is 8.80. The summed E-state index contributed by atoms with van der Waals surface area (Å²) in [7, 11) is 0. The van der Waals surface area contributed by atoms with Gasteiger partial charge < -0.3 is 10.2 Å². The Morgan fingerprint density at radius 2 is 1.15 bits per heavy atom. The van der Waals surface area contributed by atoms with E-state index in [2.05, 4.69) is 47.5 Å². The fourth-order valence-electron chi connectivity index (χ4n) is 3.35. The van der Waals surface area contributed by atoms with E-state index in [-0.39, 0.29) is 0 Å². The number of nitrogens with two attached hydrogens (primary N) is 1. The molecule has 130 valence electrons. The van der Waals surface area contributed by atoms with Gasteiger partial charge in [0.1, 0.15) is 0 Å². The van der Waals surface area contributed by atoms with E-state index in [0.29, 0.717) is 11.8 Å². The maximum absolute atomic E-state index is 5.95. The maximum atomic E-state index is 5.95. The first-order valence-corrected chi connectivity index (χ1v) is 8.80. The lowest BCUT2D eigenvalue weighted by Gasteiger charge is -2.02. The summed E-state index contributed by atoms with van der Waals surface area (Å²) >= 11 is 0. The molecule has 0 saturated heterocycles. The largest absolute Gasteiger partial charge is 0.416 e. The molecular weight excluding hydrogens is 334 g/mol. The van der Waals surface area contributed by atoms with E-state index in [9.17, 15) is 0 Å². The fraction of sp³-hybridized carbons (Fsp3) is 0.0435. The molecular formula is C23H17N3O. The zero-order valence-corrected chi connectivity index (χ0v) is 14.8. The van der Waals surface area contributed by atoms with Crippen LogP contribution in [0.5, 0.6) is 0 Å². The van der Waals surface area contributed by atoms with Crippen molar-refractivity contribution in [1.29, 1.82) is 0 Å². The highest BCUT2D eigenvalue weighted by molar-refractivity contribution is 5.89. The Labute approximate surface area is 156 Å². The lowest BCUT2D eigenvalue weighted by molar-refractivity contribution is 0.585. The zero-order valence-electron chi connectivity index (χ0n) is 14.8. The highest BCUT2D eigenvalue weighted by Gasteiger charge is 2.11. The van der Waals surface area contributed by atoms with Crippen LogP contribution in [0.4, 0.5) is 5.69 Å². The van der Waals surface area contributed by atoms with Crippen molar-refractivity contribution in [2.24, 2.45) is 0 Å². The Morgan fingerprint density at radius 1 is 0.630 bits per heavy atom. The van der Waals surface area contributed by atoms with Crippen molar-refractivity contribution in [3.05, 3.63) is 78.4 Å². The third kappa shape index (κ3) is 2.81. The number of rotatable bonds is 2. The van der Waals surface area contributed by atoms with E-state index in [4.69, 9.17) is 10.2 Å². The topological polar surface area (TPSA) is 64.9 Å². The van der Waals surface area contributed by atoms with E-state index in [0.717, 1.165) is 33.0 Å². The lowest BCUT2D eigenvalue weighted by Crippen LogP contribution is -1.84. The van der Waals surface area contributed by atoms with Gasteiger partial charge in [-0.15, -0.1) is 10.2 Å². The smallest absolute Gasteiger partial charge is 0.248 e. The number of nitrogens with zero attached hydrogens (tertiary/aromatic N) is 2. The quantitative estimate of drug-likeness (QED) is 0.420. The Hall–Kier alpha value is -3.66. The number of hydrogen-bond acceptors (Lipinski definition) is 4. The summed E-state index contributed by atoms with van der Waals surface area (Å²) in [5.74, 6) is 1.03. The predicted octanol–water partition coefficient (Wildman–Crippen LogP) is 5.60. The molecule has 0 radical (unpaired) electrons. The first kappa shape index (κ1) is 15.6.